The van der Waals surface area contributed by atoms with Crippen molar-refractivity contribution in [3.63, 3.8) is 0 Å². The predicted octanol–water partition coefficient (Wildman–Crippen LogP) is 4.55. The Labute approximate surface area is 174 Å². The first-order chi connectivity index (χ1) is 14.0. The van der Waals surface area contributed by atoms with Crippen LogP contribution in [0.25, 0.3) is 0 Å². The molecule has 4 rings (SSSR count). The van der Waals surface area contributed by atoms with Crippen LogP contribution < -0.4 is 4.90 Å². The van der Waals surface area contributed by atoms with Crippen molar-refractivity contribution in [1.82, 2.24) is 0 Å². The highest BCUT2D eigenvalue weighted by molar-refractivity contribution is 5.30. The molecule has 2 nitrogen and oxygen atoms in total. The maximum Gasteiger partial charge on any atom is 0.120 e. The molecule has 29 heavy (non-hydrogen) atoms. The minimum absolute atomic E-state index is 0.118. The Morgan fingerprint density at radius 2 is 1.28 bits per heavy atom. The normalized spacial score (nSPS) is 29.7. The molecule has 1 fully saturated rings. The van der Waals surface area contributed by atoms with Crippen LogP contribution in [0.4, 0.5) is 0 Å². The Bertz CT molecular complexity index is 909. The Hall–Kier alpha value is -2.42. The summed E-state index contributed by atoms with van der Waals surface area (Å²) in [6, 6.07) is 32.2. The van der Waals surface area contributed by atoms with Gasteiger partial charge >= 0.3 is 0 Å². The van der Waals surface area contributed by atoms with Crippen LogP contribution >= 0.6 is 0 Å². The van der Waals surface area contributed by atoms with Gasteiger partial charge in [-0.25, -0.2) is 0 Å². The average molecular weight is 387 g/mol. The van der Waals surface area contributed by atoms with Gasteiger partial charge in [0.15, 0.2) is 0 Å². The van der Waals surface area contributed by atoms with E-state index in [1.54, 1.807) is 0 Å². The molecule has 3 aromatic carbocycles. The van der Waals surface area contributed by atoms with Crippen molar-refractivity contribution in [2.24, 2.45) is 11.8 Å². The predicted molar refractivity (Wildman–Crippen MR) is 119 cm³/mol. The lowest BCUT2D eigenvalue weighted by atomic mass is 9.63. The number of quaternary nitrogens is 1. The topological polar surface area (TPSA) is 24.7 Å². The minimum atomic E-state index is -0.879. The van der Waals surface area contributed by atoms with Crippen molar-refractivity contribution in [3.05, 3.63) is 108 Å². The van der Waals surface area contributed by atoms with Crippen molar-refractivity contribution in [2.45, 2.75) is 38.0 Å². The molecule has 0 aliphatic carbocycles. The molecule has 5 atom stereocenters. The fraction of sp³-hybridized carbons (Fsp3) is 0.333. The molecule has 2 N–H and O–H groups in total. The van der Waals surface area contributed by atoms with Gasteiger partial charge in [0, 0.05) is 17.5 Å². The van der Waals surface area contributed by atoms with Crippen molar-refractivity contribution >= 4 is 0 Å². The van der Waals surface area contributed by atoms with Gasteiger partial charge in [0.2, 0.25) is 0 Å². The van der Waals surface area contributed by atoms with Crippen molar-refractivity contribution in [3.8, 4) is 0 Å². The van der Waals surface area contributed by atoms with Gasteiger partial charge in [-0.1, -0.05) is 105 Å². The molecule has 1 aliphatic heterocycles. The maximum atomic E-state index is 12.3. The molecular weight excluding hydrogens is 354 g/mol. The quantitative estimate of drug-likeness (QED) is 0.676. The monoisotopic (exact) mass is 386 g/mol. The summed E-state index contributed by atoms with van der Waals surface area (Å²) in [7, 11) is 2.30. The molecule has 1 aliphatic rings. The molecule has 0 spiro atoms. The lowest BCUT2D eigenvalue weighted by Gasteiger charge is -2.52. The third-order valence-corrected chi connectivity index (χ3v) is 6.82. The van der Waals surface area contributed by atoms with Crippen molar-refractivity contribution < 1.29 is 10.0 Å². The molecule has 0 aromatic heterocycles. The van der Waals surface area contributed by atoms with Crippen LogP contribution in [-0.4, -0.2) is 12.2 Å². The van der Waals surface area contributed by atoms with E-state index in [4.69, 9.17) is 0 Å². The van der Waals surface area contributed by atoms with E-state index in [0.717, 1.165) is 12.0 Å². The zero-order chi connectivity index (χ0) is 20.4. The van der Waals surface area contributed by atoms with Crippen LogP contribution in [0.15, 0.2) is 91.0 Å². The third kappa shape index (κ3) is 3.63. The zero-order valence-corrected chi connectivity index (χ0v) is 17.6. The van der Waals surface area contributed by atoms with E-state index in [9.17, 15) is 5.11 Å². The van der Waals surface area contributed by atoms with E-state index < -0.39 is 5.60 Å². The SMILES string of the molecule is CC(C)[C@H]1[C@@H](c2ccccc2)[NH+](C)[C@H](c2ccccc2)C[C@]1(O)c1ccccc1. The van der Waals surface area contributed by atoms with Crippen LogP contribution in [0.5, 0.6) is 0 Å². The van der Waals surface area contributed by atoms with Crippen LogP contribution in [-0.2, 0) is 5.60 Å². The van der Waals surface area contributed by atoms with Gasteiger partial charge in [0.05, 0.1) is 13.0 Å². The number of aliphatic hydroxyl groups is 1. The first kappa shape index (κ1) is 19.9. The van der Waals surface area contributed by atoms with E-state index in [-0.39, 0.29) is 18.0 Å². The summed E-state index contributed by atoms with van der Waals surface area (Å²) in [6.45, 7) is 4.51. The average Bonchev–Trinajstić information content (AvgIpc) is 2.76. The molecular formula is C27H32NO+. The van der Waals surface area contributed by atoms with Crippen LogP contribution in [0.1, 0.15) is 49.0 Å². The van der Waals surface area contributed by atoms with E-state index >= 15 is 0 Å². The molecule has 1 saturated heterocycles. The Balaban J connectivity index is 1.90. The lowest BCUT2D eigenvalue weighted by molar-refractivity contribution is -0.958. The van der Waals surface area contributed by atoms with Crippen LogP contribution in [0, 0.1) is 11.8 Å². The number of rotatable bonds is 4. The summed E-state index contributed by atoms with van der Waals surface area (Å²) >= 11 is 0. The van der Waals surface area contributed by atoms with Gasteiger partial charge in [-0.3, -0.25) is 0 Å². The highest BCUT2D eigenvalue weighted by Gasteiger charge is 2.55. The summed E-state index contributed by atoms with van der Waals surface area (Å²) in [6.07, 6.45) is 0.721. The highest BCUT2D eigenvalue weighted by atomic mass is 16.3. The van der Waals surface area contributed by atoms with Crippen LogP contribution in [0.3, 0.4) is 0 Å². The number of likely N-dealkylation sites (tertiary alicyclic amines) is 1. The first-order valence-electron chi connectivity index (χ1n) is 10.7. The molecule has 0 radical (unpaired) electrons. The summed E-state index contributed by atoms with van der Waals surface area (Å²) in [5, 5.41) is 12.3. The van der Waals surface area contributed by atoms with Crippen LogP contribution in [0.2, 0.25) is 0 Å². The fourth-order valence-corrected chi connectivity index (χ4v) is 5.55. The third-order valence-electron chi connectivity index (χ3n) is 6.82. The molecule has 3 aromatic rings. The first-order valence-corrected chi connectivity index (χ1v) is 10.7. The molecule has 0 saturated carbocycles. The number of nitrogens with one attached hydrogen (secondary N) is 1. The van der Waals surface area contributed by atoms with Crippen molar-refractivity contribution in [2.75, 3.05) is 7.05 Å². The molecule has 0 amide bonds. The highest BCUT2D eigenvalue weighted by Crippen LogP contribution is 2.49. The van der Waals surface area contributed by atoms with E-state index in [0.29, 0.717) is 5.92 Å². The summed E-state index contributed by atoms with van der Waals surface area (Å²) < 4.78 is 0. The summed E-state index contributed by atoms with van der Waals surface area (Å²) in [5.41, 5.74) is 2.75. The molecule has 2 heteroatoms. The number of hydrogen-bond acceptors (Lipinski definition) is 1. The molecule has 150 valence electrons. The van der Waals surface area contributed by atoms with E-state index in [2.05, 4.69) is 93.7 Å². The Morgan fingerprint density at radius 1 is 0.793 bits per heavy atom. The van der Waals surface area contributed by atoms with Crippen molar-refractivity contribution in [1.29, 1.82) is 0 Å². The second kappa shape index (κ2) is 8.14. The fourth-order valence-electron chi connectivity index (χ4n) is 5.55. The van der Waals surface area contributed by atoms with Gasteiger partial charge in [-0.2, -0.15) is 0 Å². The number of piperidine rings is 1. The van der Waals surface area contributed by atoms with E-state index in [1.807, 2.05) is 18.2 Å². The second-order valence-corrected chi connectivity index (χ2v) is 8.86. The van der Waals surface area contributed by atoms with Gasteiger partial charge < -0.3 is 10.0 Å². The number of benzene rings is 3. The maximum absolute atomic E-state index is 12.3. The van der Waals surface area contributed by atoms with Gasteiger partial charge in [0.1, 0.15) is 17.7 Å². The Kier molecular flexibility index (Phi) is 5.58. The molecule has 0 bridgehead atoms. The summed E-state index contributed by atoms with van der Waals surface area (Å²) in [4.78, 5) is 1.46. The van der Waals surface area contributed by atoms with Gasteiger partial charge in [-0.05, 0) is 11.5 Å². The minimum Gasteiger partial charge on any atom is -0.384 e. The Morgan fingerprint density at radius 3 is 1.79 bits per heavy atom. The smallest absolute Gasteiger partial charge is 0.120 e. The van der Waals surface area contributed by atoms with Gasteiger partial charge in [-0.15, -0.1) is 0 Å². The standard InChI is InChI=1S/C27H31NO/c1-20(2)25-26(22-15-9-5-10-16-22)28(3)24(21-13-7-4-8-14-21)19-27(25,29)23-17-11-6-12-18-23/h4-18,20,24-26,29H,19H2,1-3H3/p+1/t24-,25-,26+,27-/m0/s1. The largest absolute Gasteiger partial charge is 0.384 e. The molecule has 1 heterocycles. The van der Waals surface area contributed by atoms with E-state index in [1.165, 1.54) is 16.0 Å². The molecule has 1 unspecified atom stereocenters. The number of hydrogen-bond donors (Lipinski definition) is 2. The van der Waals surface area contributed by atoms with Gasteiger partial charge in [0.25, 0.3) is 0 Å². The lowest BCUT2D eigenvalue weighted by Crippen LogP contribution is -3.12. The summed E-state index contributed by atoms with van der Waals surface area (Å²) in [5.74, 6) is 0.462. The zero-order valence-electron chi connectivity index (χ0n) is 17.6. The second-order valence-electron chi connectivity index (χ2n) is 8.86.